The van der Waals surface area contributed by atoms with Gasteiger partial charge in [-0.05, 0) is 87.7 Å². The molecule has 5 rings (SSSR count). The Balaban J connectivity index is 1.49. The summed E-state index contributed by atoms with van der Waals surface area (Å²) in [7, 11) is 0. The number of aromatic nitrogens is 2. The molecule has 228 valence electrons. The van der Waals surface area contributed by atoms with Crippen LogP contribution < -0.4 is 0 Å². The first kappa shape index (κ1) is 30.9. The van der Waals surface area contributed by atoms with Crippen molar-refractivity contribution in [3.8, 4) is 0 Å². The number of ketones is 1. The van der Waals surface area contributed by atoms with Crippen molar-refractivity contribution in [2.75, 3.05) is 13.1 Å². The molecule has 0 saturated heterocycles. The van der Waals surface area contributed by atoms with E-state index in [1.807, 2.05) is 0 Å². The van der Waals surface area contributed by atoms with Crippen LogP contribution in [0.25, 0.3) is 0 Å². The third kappa shape index (κ3) is 5.68. The van der Waals surface area contributed by atoms with Gasteiger partial charge < -0.3 is 10.0 Å². The van der Waals surface area contributed by atoms with E-state index in [4.69, 9.17) is 23.2 Å². The quantitative estimate of drug-likeness (QED) is 0.303. The average molecular weight is 629 g/mol. The molecule has 1 heterocycles. The van der Waals surface area contributed by atoms with Crippen LogP contribution in [0.2, 0.25) is 10.0 Å². The number of aliphatic carboxylic acids is 1. The zero-order valence-corrected chi connectivity index (χ0v) is 25.1. The Labute approximate surface area is 252 Å². The number of carbonyl (C=O) groups is 3. The van der Waals surface area contributed by atoms with E-state index in [9.17, 15) is 32.7 Å². The third-order valence-electron chi connectivity index (χ3n) is 9.92. The topological polar surface area (TPSA) is 92.5 Å². The van der Waals surface area contributed by atoms with Gasteiger partial charge in [0.2, 0.25) is 0 Å². The number of carboxylic acid groups (broad SMARTS) is 1. The SMILES string of the molecule is CC1(C(=O)O)CCC(n2ncc(C(=O)N(CC(=O)c3c(Cl)cccc3Cl)C[C@]34CC[C@](C)(CC3)C4)c2C(F)(F)F)CC1. The molecule has 0 unspecified atom stereocenters. The van der Waals surface area contributed by atoms with Crippen LogP contribution in [-0.2, 0) is 11.0 Å². The highest BCUT2D eigenvalue weighted by Gasteiger charge is 2.53. The van der Waals surface area contributed by atoms with Gasteiger partial charge in [-0.15, -0.1) is 0 Å². The molecule has 3 saturated carbocycles. The zero-order chi connectivity index (χ0) is 30.7. The molecule has 2 bridgehead atoms. The summed E-state index contributed by atoms with van der Waals surface area (Å²) >= 11 is 12.5. The normalized spacial score (nSPS) is 29.1. The van der Waals surface area contributed by atoms with E-state index in [1.165, 1.54) is 17.0 Å². The van der Waals surface area contributed by atoms with Gasteiger partial charge in [-0.3, -0.25) is 19.1 Å². The molecule has 3 aliphatic rings. The summed E-state index contributed by atoms with van der Waals surface area (Å²) in [6, 6.07) is 3.86. The molecule has 0 spiro atoms. The highest BCUT2D eigenvalue weighted by molar-refractivity contribution is 6.40. The maximum absolute atomic E-state index is 14.6. The Kier molecular flexibility index (Phi) is 7.97. The molecule has 1 amide bonds. The van der Waals surface area contributed by atoms with Gasteiger partial charge in [0.1, 0.15) is 0 Å². The lowest BCUT2D eigenvalue weighted by Gasteiger charge is -2.35. The summed E-state index contributed by atoms with van der Waals surface area (Å²) in [5, 5.41) is 13.8. The highest BCUT2D eigenvalue weighted by Crippen LogP contribution is 2.61. The molecule has 1 N–H and O–H groups in total. The highest BCUT2D eigenvalue weighted by atomic mass is 35.5. The van der Waals surface area contributed by atoms with Gasteiger partial charge in [-0.2, -0.15) is 18.3 Å². The summed E-state index contributed by atoms with van der Waals surface area (Å²) in [6.07, 6.45) is 1.16. The van der Waals surface area contributed by atoms with Gasteiger partial charge in [0.05, 0.1) is 45.4 Å². The lowest BCUT2D eigenvalue weighted by atomic mass is 9.74. The van der Waals surface area contributed by atoms with E-state index >= 15 is 0 Å². The summed E-state index contributed by atoms with van der Waals surface area (Å²) in [6.45, 7) is 3.43. The zero-order valence-electron chi connectivity index (χ0n) is 23.6. The fraction of sp³-hybridized carbons (Fsp3) is 0.600. The first-order valence-electron chi connectivity index (χ1n) is 14.2. The first-order chi connectivity index (χ1) is 19.6. The molecule has 3 fully saturated rings. The predicted molar refractivity (Wildman–Crippen MR) is 151 cm³/mol. The van der Waals surface area contributed by atoms with Gasteiger partial charge in [0, 0.05) is 6.54 Å². The number of fused-ring (bicyclic) bond motifs is 2. The van der Waals surface area contributed by atoms with E-state index in [0.717, 1.165) is 43.0 Å². The summed E-state index contributed by atoms with van der Waals surface area (Å²) in [5.41, 5.74) is -2.96. The van der Waals surface area contributed by atoms with E-state index < -0.39 is 53.1 Å². The van der Waals surface area contributed by atoms with Crippen LogP contribution in [0.4, 0.5) is 13.2 Å². The number of hydrogen-bond donors (Lipinski definition) is 1. The molecule has 12 heteroatoms. The standard InChI is InChI=1S/C30H34Cl2F3N3O4/c1-27-10-12-29(16-27,13-11-27)17-37(15-22(39)23-20(31)4-3-5-21(23)32)25(40)19-14-36-38(24(19)30(33,34)35)18-6-8-28(2,9-7-18)26(41)42/h3-5,14,18H,6-13,15-17H2,1-2H3,(H,41,42)/t18?,27-,28?,29-. The number of nitrogens with zero attached hydrogens (tertiary/aromatic N) is 3. The molecule has 2 aromatic rings. The molecular weight excluding hydrogens is 594 g/mol. The van der Waals surface area contributed by atoms with Gasteiger partial charge in [0.25, 0.3) is 5.91 Å². The molecule has 42 heavy (non-hydrogen) atoms. The molecule has 1 aromatic carbocycles. The Morgan fingerprint density at radius 2 is 1.64 bits per heavy atom. The van der Waals surface area contributed by atoms with E-state index in [1.54, 1.807) is 13.0 Å². The second kappa shape index (κ2) is 10.8. The Hall–Kier alpha value is -2.59. The number of hydrogen-bond acceptors (Lipinski definition) is 4. The van der Waals surface area contributed by atoms with Gasteiger partial charge in [0.15, 0.2) is 11.5 Å². The molecule has 1 aromatic heterocycles. The van der Waals surface area contributed by atoms with Crippen LogP contribution >= 0.6 is 23.2 Å². The molecule has 3 aliphatic carbocycles. The number of alkyl halides is 3. The largest absolute Gasteiger partial charge is 0.481 e. The van der Waals surface area contributed by atoms with Crippen LogP contribution in [0.15, 0.2) is 24.4 Å². The Morgan fingerprint density at radius 3 is 2.14 bits per heavy atom. The van der Waals surface area contributed by atoms with Crippen molar-refractivity contribution in [2.45, 2.75) is 83.9 Å². The average Bonchev–Trinajstić information content (AvgIpc) is 3.59. The molecule has 0 radical (unpaired) electrons. The number of halogens is 5. The Morgan fingerprint density at radius 1 is 1.05 bits per heavy atom. The molecule has 0 aliphatic heterocycles. The molecular formula is C30H34Cl2F3N3O4. The lowest BCUT2D eigenvalue weighted by Crippen LogP contribution is -2.43. The minimum atomic E-state index is -4.91. The molecule has 7 nitrogen and oxygen atoms in total. The fourth-order valence-corrected chi connectivity index (χ4v) is 8.03. The van der Waals surface area contributed by atoms with Crippen LogP contribution in [0.5, 0.6) is 0 Å². The van der Waals surface area contributed by atoms with Crippen molar-refractivity contribution in [2.24, 2.45) is 16.2 Å². The van der Waals surface area contributed by atoms with Crippen LogP contribution in [0.1, 0.15) is 104 Å². The number of Topliss-reactive ketones (excluding diaryl/α,β-unsaturated/α-hetero) is 1. The van der Waals surface area contributed by atoms with Gasteiger partial charge in [-0.25, -0.2) is 0 Å². The van der Waals surface area contributed by atoms with Crippen LogP contribution in [0, 0.1) is 16.2 Å². The van der Waals surface area contributed by atoms with Gasteiger partial charge >= 0.3 is 12.1 Å². The second-order valence-electron chi connectivity index (χ2n) is 13.1. The first-order valence-corrected chi connectivity index (χ1v) is 15.0. The number of benzene rings is 1. The van der Waals surface area contributed by atoms with Crippen molar-refractivity contribution in [3.63, 3.8) is 0 Å². The van der Waals surface area contributed by atoms with Crippen LogP contribution in [0.3, 0.4) is 0 Å². The number of amides is 1. The number of carbonyl (C=O) groups excluding carboxylic acids is 2. The fourth-order valence-electron chi connectivity index (χ4n) is 7.42. The van der Waals surface area contributed by atoms with Crippen molar-refractivity contribution in [1.82, 2.24) is 14.7 Å². The monoisotopic (exact) mass is 627 g/mol. The summed E-state index contributed by atoms with van der Waals surface area (Å²) in [5.74, 6) is -2.47. The number of rotatable bonds is 8. The smallest absolute Gasteiger partial charge is 0.433 e. The van der Waals surface area contributed by atoms with E-state index in [0.29, 0.717) is 0 Å². The van der Waals surface area contributed by atoms with Crippen LogP contribution in [-0.4, -0.2) is 50.5 Å². The van der Waals surface area contributed by atoms with Crippen molar-refractivity contribution in [3.05, 3.63) is 51.3 Å². The maximum atomic E-state index is 14.6. The minimum Gasteiger partial charge on any atom is -0.481 e. The third-order valence-corrected chi connectivity index (χ3v) is 10.6. The molecule has 0 atom stereocenters. The maximum Gasteiger partial charge on any atom is 0.433 e. The van der Waals surface area contributed by atoms with Crippen molar-refractivity contribution >= 4 is 40.9 Å². The summed E-state index contributed by atoms with van der Waals surface area (Å²) < 4.78 is 44.7. The van der Waals surface area contributed by atoms with Gasteiger partial charge in [-0.1, -0.05) is 36.2 Å². The van der Waals surface area contributed by atoms with Crippen molar-refractivity contribution < 1.29 is 32.7 Å². The number of carboxylic acids is 1. The van der Waals surface area contributed by atoms with E-state index in [2.05, 4.69) is 12.0 Å². The Bertz CT molecular complexity index is 1390. The minimum absolute atomic E-state index is 0.0224. The second-order valence-corrected chi connectivity index (χ2v) is 13.9. The lowest BCUT2D eigenvalue weighted by molar-refractivity contribution is -0.152. The predicted octanol–water partition coefficient (Wildman–Crippen LogP) is 7.71. The van der Waals surface area contributed by atoms with E-state index in [-0.39, 0.29) is 58.7 Å². The van der Waals surface area contributed by atoms with Crippen molar-refractivity contribution in [1.29, 1.82) is 0 Å². The summed E-state index contributed by atoms with van der Waals surface area (Å²) in [4.78, 5) is 40.4.